The molecule has 0 bridgehead atoms. The summed E-state index contributed by atoms with van der Waals surface area (Å²) in [6.07, 6.45) is 2.15. The summed E-state index contributed by atoms with van der Waals surface area (Å²) in [6, 6.07) is 5.91. The van der Waals surface area contributed by atoms with Crippen LogP contribution in [0.5, 0.6) is 0 Å². The van der Waals surface area contributed by atoms with Crippen molar-refractivity contribution in [3.63, 3.8) is 0 Å². The number of para-hydroxylation sites is 1. The van der Waals surface area contributed by atoms with Gasteiger partial charge in [0, 0.05) is 0 Å². The van der Waals surface area contributed by atoms with Gasteiger partial charge in [-0.2, -0.15) is 0 Å². The molecule has 2 amide bonds. The van der Waals surface area contributed by atoms with Gasteiger partial charge < -0.3 is 5.32 Å². The Hall–Kier alpha value is -1.88. The molecular weight excluding hydrogens is 240 g/mol. The highest BCUT2D eigenvalue weighted by molar-refractivity contribution is 6.09. The largest absolute Gasteiger partial charge is 0.329 e. The Morgan fingerprint density at radius 1 is 1.42 bits per heavy atom. The van der Waals surface area contributed by atoms with Crippen molar-refractivity contribution in [2.24, 2.45) is 4.99 Å². The van der Waals surface area contributed by atoms with Gasteiger partial charge in [-0.05, 0) is 31.0 Å². The van der Waals surface area contributed by atoms with Crippen molar-refractivity contribution >= 4 is 18.1 Å². The second-order valence-corrected chi connectivity index (χ2v) is 4.48. The molecule has 0 radical (unpaired) electrons. The Morgan fingerprint density at radius 2 is 2.21 bits per heavy atom. The summed E-state index contributed by atoms with van der Waals surface area (Å²) in [4.78, 5) is 18.1. The fourth-order valence-corrected chi connectivity index (χ4v) is 2.22. The second-order valence-electron chi connectivity index (χ2n) is 4.48. The summed E-state index contributed by atoms with van der Waals surface area (Å²) in [7, 11) is 0. The minimum Gasteiger partial charge on any atom is -0.303 e. The van der Waals surface area contributed by atoms with Gasteiger partial charge in [-0.3, -0.25) is 10.2 Å². The third-order valence-corrected chi connectivity index (χ3v) is 3.15. The number of benzene rings is 1. The number of rotatable bonds is 4. The maximum Gasteiger partial charge on any atom is 0.329 e. The highest BCUT2D eigenvalue weighted by atomic mass is 16.2. The van der Waals surface area contributed by atoms with Crippen LogP contribution in [0.15, 0.2) is 23.2 Å². The number of aryl methyl sites for hydroxylation is 2. The minimum absolute atomic E-state index is 0.148. The molecule has 0 saturated carbocycles. The van der Waals surface area contributed by atoms with Gasteiger partial charge in [-0.15, -0.1) is 0 Å². The van der Waals surface area contributed by atoms with Crippen molar-refractivity contribution in [2.75, 3.05) is 11.4 Å². The lowest BCUT2D eigenvalue weighted by atomic mass is 10.1. The van der Waals surface area contributed by atoms with Gasteiger partial charge in [0.2, 0.25) is 0 Å². The SMILES string of the molecule is CCNC1N=CN(c2c(C)cccc2CC)C(=O)N1. The van der Waals surface area contributed by atoms with E-state index in [0.717, 1.165) is 29.8 Å². The zero-order valence-corrected chi connectivity index (χ0v) is 11.6. The molecule has 1 aliphatic rings. The van der Waals surface area contributed by atoms with Crippen LogP contribution in [0.3, 0.4) is 0 Å². The highest BCUT2D eigenvalue weighted by Gasteiger charge is 2.24. The third kappa shape index (κ3) is 2.76. The lowest BCUT2D eigenvalue weighted by Crippen LogP contribution is -2.54. The zero-order chi connectivity index (χ0) is 13.8. The fourth-order valence-electron chi connectivity index (χ4n) is 2.22. The Kier molecular flexibility index (Phi) is 4.16. The molecule has 0 fully saturated rings. The first-order chi connectivity index (χ1) is 9.17. The number of anilines is 1. The van der Waals surface area contributed by atoms with E-state index in [2.05, 4.69) is 22.5 Å². The minimum atomic E-state index is -0.331. The van der Waals surface area contributed by atoms with Crippen molar-refractivity contribution < 1.29 is 4.79 Å². The first kappa shape index (κ1) is 13.5. The Labute approximate surface area is 113 Å². The Morgan fingerprint density at radius 3 is 2.84 bits per heavy atom. The van der Waals surface area contributed by atoms with Gasteiger partial charge in [0.05, 0.1) is 5.69 Å². The van der Waals surface area contributed by atoms with E-state index < -0.39 is 0 Å². The number of carbonyl (C=O) groups is 1. The van der Waals surface area contributed by atoms with Crippen LogP contribution in [0.4, 0.5) is 10.5 Å². The molecule has 5 heteroatoms. The van der Waals surface area contributed by atoms with Crippen LogP contribution in [-0.4, -0.2) is 25.2 Å². The molecule has 0 aromatic heterocycles. The van der Waals surface area contributed by atoms with E-state index in [4.69, 9.17) is 0 Å². The van der Waals surface area contributed by atoms with E-state index >= 15 is 0 Å². The van der Waals surface area contributed by atoms with E-state index in [1.54, 1.807) is 11.2 Å². The highest BCUT2D eigenvalue weighted by Crippen LogP contribution is 2.25. The molecule has 0 saturated heterocycles. The van der Waals surface area contributed by atoms with Crippen molar-refractivity contribution in [1.82, 2.24) is 10.6 Å². The normalized spacial score (nSPS) is 18.6. The van der Waals surface area contributed by atoms with Crippen LogP contribution >= 0.6 is 0 Å². The third-order valence-electron chi connectivity index (χ3n) is 3.15. The number of nitrogens with zero attached hydrogens (tertiary/aromatic N) is 2. The van der Waals surface area contributed by atoms with Gasteiger partial charge in [0.15, 0.2) is 6.29 Å². The average molecular weight is 260 g/mol. The summed E-state index contributed by atoms with van der Waals surface area (Å²) >= 11 is 0. The molecule has 0 aliphatic carbocycles. The van der Waals surface area contributed by atoms with Crippen LogP contribution in [0, 0.1) is 6.92 Å². The number of nitrogens with one attached hydrogen (secondary N) is 2. The molecule has 102 valence electrons. The van der Waals surface area contributed by atoms with E-state index in [1.807, 2.05) is 32.0 Å². The van der Waals surface area contributed by atoms with Gasteiger partial charge in [-0.1, -0.05) is 32.0 Å². The molecule has 1 aliphatic heterocycles. The molecule has 2 rings (SSSR count). The van der Waals surface area contributed by atoms with Crippen molar-refractivity contribution in [3.8, 4) is 0 Å². The topological polar surface area (TPSA) is 56.7 Å². The quantitative estimate of drug-likeness (QED) is 0.870. The predicted molar refractivity (Wildman–Crippen MR) is 77.5 cm³/mol. The van der Waals surface area contributed by atoms with Crippen LogP contribution in [0.2, 0.25) is 0 Å². The Bertz CT molecular complexity index is 498. The number of carbonyl (C=O) groups excluding carboxylic acids is 1. The number of amides is 2. The van der Waals surface area contributed by atoms with Crippen LogP contribution < -0.4 is 15.5 Å². The summed E-state index contributed by atoms with van der Waals surface area (Å²) in [6.45, 7) is 6.82. The van der Waals surface area contributed by atoms with E-state index in [-0.39, 0.29) is 12.3 Å². The molecule has 1 unspecified atom stereocenters. The fraction of sp³-hybridized carbons (Fsp3) is 0.429. The van der Waals surface area contributed by atoms with Crippen LogP contribution in [0.25, 0.3) is 0 Å². The van der Waals surface area contributed by atoms with E-state index in [9.17, 15) is 4.79 Å². The molecular formula is C14H20N4O. The first-order valence-corrected chi connectivity index (χ1v) is 6.62. The zero-order valence-electron chi connectivity index (χ0n) is 11.6. The van der Waals surface area contributed by atoms with Gasteiger partial charge in [-0.25, -0.2) is 9.79 Å². The van der Waals surface area contributed by atoms with Gasteiger partial charge >= 0.3 is 6.03 Å². The lowest BCUT2D eigenvalue weighted by Gasteiger charge is -2.29. The summed E-state index contributed by atoms with van der Waals surface area (Å²) in [5.41, 5.74) is 3.15. The average Bonchev–Trinajstić information content (AvgIpc) is 2.40. The second kappa shape index (κ2) is 5.84. The summed E-state index contributed by atoms with van der Waals surface area (Å²) in [5, 5.41) is 5.90. The molecule has 1 atom stereocenters. The number of hydrogen-bond acceptors (Lipinski definition) is 3. The summed E-state index contributed by atoms with van der Waals surface area (Å²) < 4.78 is 0. The molecule has 1 heterocycles. The number of urea groups is 1. The predicted octanol–water partition coefficient (Wildman–Crippen LogP) is 2.01. The standard InChI is InChI=1S/C14H20N4O/c1-4-11-8-6-7-10(3)12(11)18-9-16-13(15-5-2)17-14(18)19/h6-9,13,15H,4-5H2,1-3H3,(H,17,19). The smallest absolute Gasteiger partial charge is 0.303 e. The van der Waals surface area contributed by atoms with Crippen molar-refractivity contribution in [2.45, 2.75) is 33.5 Å². The number of aliphatic imine (C=N–C) groups is 1. The maximum absolute atomic E-state index is 12.2. The van der Waals surface area contributed by atoms with E-state index in [0.29, 0.717) is 0 Å². The van der Waals surface area contributed by atoms with Crippen LogP contribution in [-0.2, 0) is 6.42 Å². The monoisotopic (exact) mass is 260 g/mol. The molecule has 2 N–H and O–H groups in total. The lowest BCUT2D eigenvalue weighted by molar-refractivity contribution is 0.242. The molecule has 1 aromatic rings. The van der Waals surface area contributed by atoms with E-state index in [1.165, 1.54) is 0 Å². The summed E-state index contributed by atoms with van der Waals surface area (Å²) in [5.74, 6) is 0. The van der Waals surface area contributed by atoms with Crippen LogP contribution in [0.1, 0.15) is 25.0 Å². The van der Waals surface area contributed by atoms with Gasteiger partial charge in [0.25, 0.3) is 0 Å². The Balaban J connectivity index is 2.33. The molecule has 1 aromatic carbocycles. The molecule has 19 heavy (non-hydrogen) atoms. The van der Waals surface area contributed by atoms with Crippen molar-refractivity contribution in [1.29, 1.82) is 0 Å². The maximum atomic E-state index is 12.2. The first-order valence-electron chi connectivity index (χ1n) is 6.62. The number of hydrogen-bond donors (Lipinski definition) is 2. The van der Waals surface area contributed by atoms with Gasteiger partial charge in [0.1, 0.15) is 6.34 Å². The molecule has 5 nitrogen and oxygen atoms in total. The molecule has 0 spiro atoms. The van der Waals surface area contributed by atoms with Crippen molar-refractivity contribution in [3.05, 3.63) is 29.3 Å².